The van der Waals surface area contributed by atoms with Crippen molar-refractivity contribution in [1.82, 2.24) is 5.43 Å². The van der Waals surface area contributed by atoms with Crippen molar-refractivity contribution >= 4 is 12.2 Å². The van der Waals surface area contributed by atoms with Crippen molar-refractivity contribution in [2.45, 2.75) is 6.36 Å². The van der Waals surface area contributed by atoms with Crippen LogP contribution in [0.5, 0.6) is 5.75 Å². The second-order valence-electron chi connectivity index (χ2n) is 3.06. The fraction of sp³-hybridized carbons (Fsp3) is 0.111. The molecule has 0 aliphatic heterocycles. The van der Waals surface area contributed by atoms with Gasteiger partial charge in [0.05, 0.1) is 11.8 Å². The number of nitrogens with two attached hydrogens (primary N) is 1. The number of nitrogens with zero attached hydrogens (tertiary/aromatic N) is 1. The van der Waals surface area contributed by atoms with Crippen molar-refractivity contribution in [3.8, 4) is 5.75 Å². The summed E-state index contributed by atoms with van der Waals surface area (Å²) in [6.07, 6.45) is -4.66. The number of halogens is 5. The molecule has 2 amide bonds. The molecule has 10 heteroatoms. The van der Waals surface area contributed by atoms with Gasteiger partial charge >= 0.3 is 12.4 Å². The molecule has 19 heavy (non-hydrogen) atoms. The molecule has 0 aliphatic rings. The monoisotopic (exact) mass is 283 g/mol. The maximum absolute atomic E-state index is 13.3. The van der Waals surface area contributed by atoms with Crippen molar-refractivity contribution in [1.29, 1.82) is 0 Å². The van der Waals surface area contributed by atoms with E-state index in [1.165, 1.54) is 0 Å². The summed E-state index contributed by atoms with van der Waals surface area (Å²) in [5.41, 5.74) is 5.31. The van der Waals surface area contributed by atoms with E-state index < -0.39 is 35.3 Å². The van der Waals surface area contributed by atoms with Gasteiger partial charge in [0.2, 0.25) is 0 Å². The van der Waals surface area contributed by atoms with Gasteiger partial charge in [0.15, 0.2) is 11.6 Å². The molecule has 0 fully saturated rings. The zero-order chi connectivity index (χ0) is 14.6. The van der Waals surface area contributed by atoms with Crippen molar-refractivity contribution < 1.29 is 31.5 Å². The largest absolute Gasteiger partial charge is 0.573 e. The predicted octanol–water partition coefficient (Wildman–Crippen LogP) is 1.87. The molecule has 0 saturated carbocycles. The van der Waals surface area contributed by atoms with Crippen LogP contribution in [0.2, 0.25) is 0 Å². The summed E-state index contributed by atoms with van der Waals surface area (Å²) in [5.74, 6) is -4.03. The second-order valence-corrected chi connectivity index (χ2v) is 3.06. The highest BCUT2D eigenvalue weighted by molar-refractivity contribution is 5.85. The average molecular weight is 283 g/mol. The second kappa shape index (κ2) is 5.50. The van der Waals surface area contributed by atoms with E-state index >= 15 is 0 Å². The summed E-state index contributed by atoms with van der Waals surface area (Å²) >= 11 is 0. The summed E-state index contributed by atoms with van der Waals surface area (Å²) in [5, 5.41) is 3.03. The van der Waals surface area contributed by atoms with Gasteiger partial charge in [-0.25, -0.2) is 19.0 Å². The van der Waals surface area contributed by atoms with Crippen molar-refractivity contribution in [2.24, 2.45) is 10.8 Å². The molecule has 1 rings (SSSR count). The zero-order valence-electron chi connectivity index (χ0n) is 8.96. The number of primary amides is 1. The molecule has 0 unspecified atom stereocenters. The molecule has 104 valence electrons. The van der Waals surface area contributed by atoms with Gasteiger partial charge < -0.3 is 10.5 Å². The summed E-state index contributed by atoms with van der Waals surface area (Å²) in [6, 6.07) is -0.112. The Hall–Kier alpha value is -2.39. The Balaban J connectivity index is 3.14. The summed E-state index contributed by atoms with van der Waals surface area (Å²) in [7, 11) is 0. The zero-order valence-corrected chi connectivity index (χ0v) is 8.96. The Morgan fingerprint density at radius 1 is 1.37 bits per heavy atom. The lowest BCUT2D eigenvalue weighted by molar-refractivity contribution is -0.274. The summed E-state index contributed by atoms with van der Waals surface area (Å²) in [6.45, 7) is 0. The van der Waals surface area contributed by atoms with Gasteiger partial charge in [-0.1, -0.05) is 0 Å². The van der Waals surface area contributed by atoms with Crippen LogP contribution in [0.15, 0.2) is 17.2 Å². The van der Waals surface area contributed by atoms with Crippen LogP contribution in [0.3, 0.4) is 0 Å². The van der Waals surface area contributed by atoms with E-state index in [9.17, 15) is 26.7 Å². The lowest BCUT2D eigenvalue weighted by Crippen LogP contribution is -2.24. The Kier molecular flexibility index (Phi) is 4.25. The number of urea groups is 1. The number of benzene rings is 1. The number of rotatable bonds is 3. The Labute approximate surface area is 102 Å². The SMILES string of the molecule is NC(=O)NN=Cc1c(OC(F)(F)F)ccc(F)c1F. The highest BCUT2D eigenvalue weighted by Gasteiger charge is 2.32. The standard InChI is InChI=1S/C9H6F5N3O2/c10-5-1-2-6(19-9(12,13)14)4(7(5)11)3-16-17-8(15)18/h1-3H,(H3,15,17,18). The van der Waals surface area contributed by atoms with Gasteiger partial charge in [0.25, 0.3) is 0 Å². The van der Waals surface area contributed by atoms with Crippen molar-refractivity contribution in [2.75, 3.05) is 0 Å². The topological polar surface area (TPSA) is 76.7 Å². The number of ether oxygens (including phenoxy) is 1. The van der Waals surface area contributed by atoms with Crippen LogP contribution in [0.4, 0.5) is 26.7 Å². The fourth-order valence-electron chi connectivity index (χ4n) is 1.04. The molecule has 0 heterocycles. The molecule has 1 aromatic rings. The van der Waals surface area contributed by atoms with Crippen molar-refractivity contribution in [3.63, 3.8) is 0 Å². The van der Waals surface area contributed by atoms with E-state index in [2.05, 4.69) is 15.6 Å². The Morgan fingerprint density at radius 3 is 2.53 bits per heavy atom. The van der Waals surface area contributed by atoms with Crippen LogP contribution in [-0.2, 0) is 0 Å². The minimum Gasteiger partial charge on any atom is -0.405 e. The quantitative estimate of drug-likeness (QED) is 0.504. The van der Waals surface area contributed by atoms with Gasteiger partial charge in [0, 0.05) is 0 Å². The van der Waals surface area contributed by atoms with E-state index in [0.717, 1.165) is 0 Å². The smallest absolute Gasteiger partial charge is 0.405 e. The normalized spacial score (nSPS) is 11.6. The lowest BCUT2D eigenvalue weighted by Gasteiger charge is -2.11. The molecule has 3 N–H and O–H groups in total. The van der Waals surface area contributed by atoms with E-state index in [1.807, 2.05) is 0 Å². The molecule has 0 aliphatic carbocycles. The van der Waals surface area contributed by atoms with Crippen LogP contribution < -0.4 is 15.9 Å². The first kappa shape index (κ1) is 14.7. The minimum atomic E-state index is -5.09. The number of amides is 2. The number of hydrazone groups is 1. The van der Waals surface area contributed by atoms with E-state index in [1.54, 1.807) is 5.43 Å². The third-order valence-corrected chi connectivity index (χ3v) is 1.69. The highest BCUT2D eigenvalue weighted by atomic mass is 19.4. The van der Waals surface area contributed by atoms with Gasteiger partial charge in [-0.05, 0) is 12.1 Å². The predicted molar refractivity (Wildman–Crippen MR) is 53.4 cm³/mol. The molecular weight excluding hydrogens is 277 g/mol. The number of hydrogen-bond donors (Lipinski definition) is 2. The molecular formula is C9H6F5N3O2. The molecule has 0 aromatic heterocycles. The third kappa shape index (κ3) is 4.41. The van der Waals surface area contributed by atoms with E-state index in [4.69, 9.17) is 0 Å². The van der Waals surface area contributed by atoms with E-state index in [-0.39, 0.29) is 0 Å². The highest BCUT2D eigenvalue weighted by Crippen LogP contribution is 2.28. The first-order valence-electron chi connectivity index (χ1n) is 4.53. The lowest BCUT2D eigenvalue weighted by atomic mass is 10.2. The van der Waals surface area contributed by atoms with E-state index in [0.29, 0.717) is 18.3 Å². The van der Waals surface area contributed by atoms with Crippen LogP contribution in [-0.4, -0.2) is 18.6 Å². The van der Waals surface area contributed by atoms with Crippen LogP contribution in [0.25, 0.3) is 0 Å². The summed E-state index contributed by atoms with van der Waals surface area (Å²) in [4.78, 5) is 10.3. The molecule has 0 radical (unpaired) electrons. The van der Waals surface area contributed by atoms with Gasteiger partial charge in [0.1, 0.15) is 5.75 Å². The van der Waals surface area contributed by atoms with Crippen LogP contribution in [0, 0.1) is 11.6 Å². The van der Waals surface area contributed by atoms with Crippen LogP contribution in [0.1, 0.15) is 5.56 Å². The maximum Gasteiger partial charge on any atom is 0.573 e. The van der Waals surface area contributed by atoms with Gasteiger partial charge in [-0.15, -0.1) is 13.2 Å². The Morgan fingerprint density at radius 2 is 2.00 bits per heavy atom. The molecule has 1 aromatic carbocycles. The first-order chi connectivity index (χ1) is 8.70. The van der Waals surface area contributed by atoms with Gasteiger partial charge in [-0.3, -0.25) is 0 Å². The summed E-state index contributed by atoms with van der Waals surface area (Å²) < 4.78 is 65.8. The van der Waals surface area contributed by atoms with Crippen molar-refractivity contribution in [3.05, 3.63) is 29.3 Å². The number of carbonyl (C=O) groups is 1. The molecule has 0 saturated heterocycles. The van der Waals surface area contributed by atoms with Gasteiger partial charge in [-0.2, -0.15) is 5.10 Å². The van der Waals surface area contributed by atoms with Crippen LogP contribution >= 0.6 is 0 Å². The Bertz CT molecular complexity index is 515. The number of alkyl halides is 3. The average Bonchev–Trinajstić information content (AvgIpc) is 2.25. The molecule has 5 nitrogen and oxygen atoms in total. The molecule has 0 bridgehead atoms. The first-order valence-corrected chi connectivity index (χ1v) is 4.53. The number of hydrogen-bond acceptors (Lipinski definition) is 3. The third-order valence-electron chi connectivity index (χ3n) is 1.69. The minimum absolute atomic E-state index is 0.435. The maximum atomic E-state index is 13.3. The fourth-order valence-corrected chi connectivity index (χ4v) is 1.04. The molecule has 0 atom stereocenters. The number of carbonyl (C=O) groups excluding carboxylic acids is 1. The molecule has 0 spiro atoms. The number of nitrogens with one attached hydrogen (secondary N) is 1.